The summed E-state index contributed by atoms with van der Waals surface area (Å²) in [6.07, 6.45) is 0. The van der Waals surface area contributed by atoms with Crippen molar-refractivity contribution in [3.05, 3.63) is 95.1 Å². The minimum absolute atomic E-state index is 0.147. The highest BCUT2D eigenvalue weighted by Crippen LogP contribution is 2.47. The lowest BCUT2D eigenvalue weighted by Crippen LogP contribution is -2.43. The maximum Gasteiger partial charge on any atom is 0.330 e. The van der Waals surface area contributed by atoms with E-state index in [1.54, 1.807) is 40.1 Å². The normalized spacial score (nSPS) is 17.3. The third-order valence-corrected chi connectivity index (χ3v) is 5.80. The number of benzene rings is 3. The molecule has 3 aromatic carbocycles. The molecule has 152 valence electrons. The summed E-state index contributed by atoms with van der Waals surface area (Å²) in [4.78, 5) is 17.4. The van der Waals surface area contributed by atoms with Gasteiger partial charge in [-0.3, -0.25) is 9.80 Å². The van der Waals surface area contributed by atoms with Crippen LogP contribution in [0.2, 0.25) is 0 Å². The number of nitriles is 2. The number of urea groups is 1. The summed E-state index contributed by atoms with van der Waals surface area (Å²) in [6.45, 7) is 6.07. The molecule has 0 saturated carbocycles. The van der Waals surface area contributed by atoms with Crippen molar-refractivity contribution < 1.29 is 4.79 Å². The van der Waals surface area contributed by atoms with Gasteiger partial charge in [-0.15, -0.1) is 0 Å². The van der Waals surface area contributed by atoms with Gasteiger partial charge in [0.25, 0.3) is 0 Å². The molecule has 1 fully saturated rings. The van der Waals surface area contributed by atoms with Gasteiger partial charge in [-0.1, -0.05) is 29.8 Å². The smallest absolute Gasteiger partial charge is 0.286 e. The van der Waals surface area contributed by atoms with E-state index >= 15 is 0 Å². The van der Waals surface area contributed by atoms with E-state index in [0.29, 0.717) is 11.1 Å². The number of anilines is 2. The lowest BCUT2D eigenvalue weighted by Gasteiger charge is -2.35. The maximum absolute atomic E-state index is 13.8. The molecule has 1 saturated heterocycles. The number of nitrogens with zero attached hydrogens (tertiary/aromatic N) is 4. The number of carbonyl (C=O) groups is 1. The van der Waals surface area contributed by atoms with Crippen molar-refractivity contribution in [2.45, 2.75) is 32.4 Å². The molecule has 0 bridgehead atoms. The van der Waals surface area contributed by atoms with Crippen molar-refractivity contribution in [2.24, 2.45) is 0 Å². The molecule has 1 heterocycles. The molecule has 31 heavy (non-hydrogen) atoms. The van der Waals surface area contributed by atoms with Crippen LogP contribution in [0, 0.1) is 29.6 Å². The standard InChI is InChI=1S/C26H22N4O/c1-18-7-11-22(12-8-18)29-24(21-6-4-5-20(15-21)17-28)26(2,3)30(25(29)31)23-13-9-19(16-27)10-14-23/h4-15,24H,1-3H3. The summed E-state index contributed by atoms with van der Waals surface area (Å²) < 4.78 is 0. The van der Waals surface area contributed by atoms with Crippen LogP contribution >= 0.6 is 0 Å². The first kappa shape index (κ1) is 20.2. The predicted molar refractivity (Wildman–Crippen MR) is 121 cm³/mol. The Morgan fingerprint density at radius 1 is 0.839 bits per heavy atom. The van der Waals surface area contributed by atoms with Crippen LogP contribution in [0.4, 0.5) is 16.2 Å². The minimum Gasteiger partial charge on any atom is -0.286 e. The van der Waals surface area contributed by atoms with Crippen LogP contribution in [0.5, 0.6) is 0 Å². The maximum atomic E-state index is 13.8. The average molecular weight is 406 g/mol. The molecule has 0 aliphatic carbocycles. The Kier molecular flexibility index (Phi) is 4.97. The van der Waals surface area contributed by atoms with E-state index in [4.69, 9.17) is 5.26 Å². The largest absolute Gasteiger partial charge is 0.330 e. The molecule has 2 amide bonds. The van der Waals surface area contributed by atoms with Gasteiger partial charge in [-0.05, 0) is 74.9 Å². The Morgan fingerprint density at radius 3 is 2.06 bits per heavy atom. The van der Waals surface area contributed by atoms with Crippen molar-refractivity contribution in [1.29, 1.82) is 10.5 Å². The van der Waals surface area contributed by atoms with Gasteiger partial charge >= 0.3 is 6.03 Å². The first-order chi connectivity index (χ1) is 14.9. The SMILES string of the molecule is Cc1ccc(N2C(=O)N(c3ccc(C#N)cc3)C(C)(C)C2c2cccc(C#N)c2)cc1. The third-order valence-electron chi connectivity index (χ3n) is 5.80. The molecule has 3 aromatic rings. The van der Waals surface area contributed by atoms with Crippen molar-refractivity contribution >= 4 is 17.4 Å². The van der Waals surface area contributed by atoms with Gasteiger partial charge in [0.15, 0.2) is 0 Å². The number of amides is 2. The van der Waals surface area contributed by atoms with E-state index < -0.39 is 5.54 Å². The van der Waals surface area contributed by atoms with Gasteiger partial charge < -0.3 is 0 Å². The monoisotopic (exact) mass is 406 g/mol. The molecule has 1 unspecified atom stereocenters. The lowest BCUT2D eigenvalue weighted by molar-refractivity contribution is 0.254. The van der Waals surface area contributed by atoms with Crippen LogP contribution in [-0.2, 0) is 0 Å². The van der Waals surface area contributed by atoms with Crippen LogP contribution in [0.3, 0.4) is 0 Å². The summed E-state index contributed by atoms with van der Waals surface area (Å²) in [6, 6.07) is 26.2. The van der Waals surface area contributed by atoms with Gasteiger partial charge in [-0.2, -0.15) is 10.5 Å². The van der Waals surface area contributed by atoms with Crippen LogP contribution in [0.1, 0.15) is 42.1 Å². The fourth-order valence-electron chi connectivity index (χ4n) is 4.33. The van der Waals surface area contributed by atoms with E-state index in [0.717, 1.165) is 22.5 Å². The molecular formula is C26H22N4O. The van der Waals surface area contributed by atoms with Crippen LogP contribution in [-0.4, -0.2) is 11.6 Å². The molecule has 5 heteroatoms. The van der Waals surface area contributed by atoms with E-state index in [-0.39, 0.29) is 12.1 Å². The topological polar surface area (TPSA) is 71.1 Å². The molecular weight excluding hydrogens is 384 g/mol. The Balaban J connectivity index is 1.90. The first-order valence-electron chi connectivity index (χ1n) is 10.1. The van der Waals surface area contributed by atoms with Crippen LogP contribution in [0.15, 0.2) is 72.8 Å². The molecule has 1 aliphatic heterocycles. The number of rotatable bonds is 3. The highest BCUT2D eigenvalue weighted by atomic mass is 16.2. The van der Waals surface area contributed by atoms with E-state index in [2.05, 4.69) is 12.1 Å². The molecule has 0 radical (unpaired) electrons. The van der Waals surface area contributed by atoms with E-state index in [9.17, 15) is 10.1 Å². The molecule has 0 aromatic heterocycles. The van der Waals surface area contributed by atoms with Crippen molar-refractivity contribution in [3.63, 3.8) is 0 Å². The minimum atomic E-state index is -0.621. The molecule has 1 aliphatic rings. The summed E-state index contributed by atoms with van der Waals surface area (Å²) in [5.74, 6) is 0. The zero-order valence-electron chi connectivity index (χ0n) is 17.7. The van der Waals surface area contributed by atoms with Crippen molar-refractivity contribution in [2.75, 3.05) is 9.80 Å². The second kappa shape index (κ2) is 7.63. The summed E-state index contributed by atoms with van der Waals surface area (Å²) in [5, 5.41) is 18.5. The molecule has 5 nitrogen and oxygen atoms in total. The Hall–Kier alpha value is -4.09. The quantitative estimate of drug-likeness (QED) is 0.560. The summed E-state index contributed by atoms with van der Waals surface area (Å²) in [7, 11) is 0. The third kappa shape index (κ3) is 3.41. The Labute approximate surface area is 182 Å². The van der Waals surface area contributed by atoms with Crippen LogP contribution in [0.25, 0.3) is 0 Å². The summed E-state index contributed by atoms with van der Waals surface area (Å²) in [5.41, 5.74) is 4.01. The molecule has 4 rings (SSSR count). The van der Waals surface area contributed by atoms with Crippen molar-refractivity contribution in [1.82, 2.24) is 0 Å². The summed E-state index contributed by atoms with van der Waals surface area (Å²) >= 11 is 0. The highest BCUT2D eigenvalue weighted by molar-refractivity contribution is 6.08. The Bertz CT molecular complexity index is 1210. The Morgan fingerprint density at radius 2 is 1.45 bits per heavy atom. The van der Waals surface area contributed by atoms with Gasteiger partial charge in [-0.25, -0.2) is 4.79 Å². The zero-order chi connectivity index (χ0) is 22.2. The molecule has 0 spiro atoms. The average Bonchev–Trinajstić information content (AvgIpc) is 2.99. The van der Waals surface area contributed by atoms with Gasteiger partial charge in [0.2, 0.25) is 0 Å². The van der Waals surface area contributed by atoms with Gasteiger partial charge in [0.1, 0.15) is 0 Å². The lowest BCUT2D eigenvalue weighted by atomic mass is 9.87. The highest BCUT2D eigenvalue weighted by Gasteiger charge is 2.53. The second-order valence-electron chi connectivity index (χ2n) is 8.28. The number of carbonyl (C=O) groups excluding carboxylic acids is 1. The van der Waals surface area contributed by atoms with Crippen LogP contribution < -0.4 is 9.80 Å². The number of hydrogen-bond donors (Lipinski definition) is 0. The molecule has 1 atom stereocenters. The van der Waals surface area contributed by atoms with E-state index in [1.165, 1.54) is 0 Å². The fourth-order valence-corrected chi connectivity index (χ4v) is 4.33. The zero-order valence-corrected chi connectivity index (χ0v) is 17.7. The second-order valence-corrected chi connectivity index (χ2v) is 8.28. The van der Waals surface area contributed by atoms with Crippen molar-refractivity contribution in [3.8, 4) is 12.1 Å². The predicted octanol–water partition coefficient (Wildman–Crippen LogP) is 5.70. The molecule has 0 N–H and O–H groups in total. The van der Waals surface area contributed by atoms with E-state index in [1.807, 2.05) is 63.2 Å². The fraction of sp³-hybridized carbons (Fsp3) is 0.192. The van der Waals surface area contributed by atoms with Gasteiger partial charge in [0.05, 0.1) is 34.8 Å². The number of hydrogen-bond acceptors (Lipinski definition) is 3. The first-order valence-corrected chi connectivity index (χ1v) is 10.1. The van der Waals surface area contributed by atoms with Gasteiger partial charge in [0, 0.05) is 11.4 Å². The number of aryl methyl sites for hydroxylation is 1.